The third-order valence-corrected chi connectivity index (χ3v) is 4.67. The molecule has 1 amide bonds. The molecule has 7 atom stereocenters. The SMILES string of the molecule is CCOC(=O)[C@]1(F)OC([C@H](OC(C)=O)[C@@H](COC(C)=O)OC(C)=O)[C@H](NC(C)=O)C(N=C(N)N)[C@@H]1F. The van der Waals surface area contributed by atoms with Crippen molar-refractivity contribution in [2.45, 2.75) is 77.0 Å². The summed E-state index contributed by atoms with van der Waals surface area (Å²) in [5, 5.41) is 2.27. The summed E-state index contributed by atoms with van der Waals surface area (Å²) < 4.78 is 56.2. The number of rotatable bonds is 10. The molecule has 2 unspecified atom stereocenters. The number of carbonyl (C=O) groups excluding carboxylic acids is 5. The predicted molar refractivity (Wildman–Crippen MR) is 115 cm³/mol. The number of nitrogens with zero attached hydrogens (tertiary/aromatic N) is 1. The fourth-order valence-electron chi connectivity index (χ4n) is 3.47. The highest BCUT2D eigenvalue weighted by atomic mass is 19.2. The van der Waals surface area contributed by atoms with Gasteiger partial charge in [0.15, 0.2) is 24.3 Å². The van der Waals surface area contributed by atoms with Crippen LogP contribution in [0.1, 0.15) is 34.6 Å². The van der Waals surface area contributed by atoms with Gasteiger partial charge in [0.05, 0.1) is 12.6 Å². The van der Waals surface area contributed by atoms with Crippen molar-refractivity contribution in [3.63, 3.8) is 0 Å². The summed E-state index contributed by atoms with van der Waals surface area (Å²) in [7, 11) is 0. The van der Waals surface area contributed by atoms with Gasteiger partial charge in [-0.25, -0.2) is 14.2 Å². The van der Waals surface area contributed by atoms with Gasteiger partial charge < -0.3 is 40.5 Å². The number of guanidine groups is 1. The monoisotopic (exact) mass is 524 g/mol. The fraction of sp³-hybridized carbons (Fsp3) is 0.700. The molecular formula is C20H30F2N4O10. The Kier molecular flexibility index (Phi) is 11.0. The summed E-state index contributed by atoms with van der Waals surface area (Å²) in [6.45, 7) is 4.16. The van der Waals surface area contributed by atoms with Gasteiger partial charge in [0, 0.05) is 27.7 Å². The quantitative estimate of drug-likeness (QED) is 0.129. The zero-order chi connectivity index (χ0) is 27.8. The highest BCUT2D eigenvalue weighted by Gasteiger charge is 2.64. The molecule has 0 saturated carbocycles. The van der Waals surface area contributed by atoms with Crippen molar-refractivity contribution in [3.05, 3.63) is 0 Å². The number of carbonyl (C=O) groups is 5. The number of hydrogen-bond donors (Lipinski definition) is 3. The van der Waals surface area contributed by atoms with E-state index in [9.17, 15) is 24.0 Å². The molecule has 16 heteroatoms. The van der Waals surface area contributed by atoms with Gasteiger partial charge in [0.25, 0.3) is 0 Å². The van der Waals surface area contributed by atoms with E-state index in [4.69, 9.17) is 30.4 Å². The summed E-state index contributed by atoms with van der Waals surface area (Å²) >= 11 is 0. The predicted octanol–water partition coefficient (Wildman–Crippen LogP) is -1.47. The second-order valence-corrected chi connectivity index (χ2v) is 7.65. The molecule has 1 rings (SSSR count). The normalized spacial score (nSPS) is 27.0. The van der Waals surface area contributed by atoms with Crippen LogP contribution in [0.4, 0.5) is 8.78 Å². The van der Waals surface area contributed by atoms with E-state index in [2.05, 4.69) is 15.0 Å². The molecule has 36 heavy (non-hydrogen) atoms. The Bertz CT molecular complexity index is 885. The lowest BCUT2D eigenvalue weighted by molar-refractivity contribution is -0.281. The van der Waals surface area contributed by atoms with E-state index in [1.807, 2.05) is 0 Å². The number of alkyl halides is 2. The fourth-order valence-corrected chi connectivity index (χ4v) is 3.47. The molecule has 1 fully saturated rings. The summed E-state index contributed by atoms with van der Waals surface area (Å²) in [6.07, 6.45) is -8.45. The van der Waals surface area contributed by atoms with Gasteiger partial charge in [-0.1, -0.05) is 0 Å². The van der Waals surface area contributed by atoms with Crippen LogP contribution in [0.3, 0.4) is 0 Å². The minimum Gasteiger partial charge on any atom is -0.462 e. The average Bonchev–Trinajstić information content (AvgIpc) is 2.74. The zero-order valence-corrected chi connectivity index (χ0v) is 20.3. The van der Waals surface area contributed by atoms with Gasteiger partial charge in [-0.15, -0.1) is 0 Å². The number of nitrogens with two attached hydrogens (primary N) is 2. The summed E-state index contributed by atoms with van der Waals surface area (Å²) in [5.74, 6) is -10.0. The van der Waals surface area contributed by atoms with Gasteiger partial charge in [0.1, 0.15) is 18.8 Å². The Labute approximate surface area is 204 Å². The minimum absolute atomic E-state index is 0.372. The second kappa shape index (κ2) is 12.9. The van der Waals surface area contributed by atoms with E-state index < -0.39 is 84.8 Å². The molecule has 0 bridgehead atoms. The molecule has 1 heterocycles. The third-order valence-electron chi connectivity index (χ3n) is 4.67. The lowest BCUT2D eigenvalue weighted by Gasteiger charge is -2.47. The molecule has 0 aromatic heterocycles. The standard InChI is InChI=1S/C20H30F2N4O10/c1-6-32-18(31)20(22)17(21)14(26-19(23)24)13(25-8(2)27)16(36-20)15(35-11(5)30)12(34-10(4)29)7-33-9(3)28/h12-17H,6-7H2,1-5H3,(H,25,27)(H4,23,24,26)/t12-,13-,14?,15-,16?,17+,20-/m1/s1. The Morgan fingerprint density at radius 2 is 1.61 bits per heavy atom. The Balaban J connectivity index is 3.79. The number of nitrogens with one attached hydrogen (secondary N) is 1. The zero-order valence-electron chi connectivity index (χ0n) is 20.3. The smallest absolute Gasteiger partial charge is 0.375 e. The summed E-state index contributed by atoms with van der Waals surface area (Å²) in [4.78, 5) is 63.0. The van der Waals surface area contributed by atoms with Crippen molar-refractivity contribution in [2.75, 3.05) is 13.2 Å². The number of amides is 1. The lowest BCUT2D eigenvalue weighted by atomic mass is 9.86. The van der Waals surface area contributed by atoms with Crippen molar-refractivity contribution in [2.24, 2.45) is 16.5 Å². The van der Waals surface area contributed by atoms with E-state index in [1.54, 1.807) is 0 Å². The van der Waals surface area contributed by atoms with Crippen molar-refractivity contribution in [1.82, 2.24) is 5.32 Å². The number of halogens is 2. The molecule has 0 radical (unpaired) electrons. The van der Waals surface area contributed by atoms with Gasteiger partial charge in [-0.2, -0.15) is 4.39 Å². The van der Waals surface area contributed by atoms with Crippen LogP contribution in [0, 0.1) is 0 Å². The summed E-state index contributed by atoms with van der Waals surface area (Å²) in [5.41, 5.74) is 10.7. The van der Waals surface area contributed by atoms with Crippen molar-refractivity contribution in [1.29, 1.82) is 0 Å². The van der Waals surface area contributed by atoms with Crippen LogP contribution >= 0.6 is 0 Å². The first kappa shape index (κ1) is 30.5. The van der Waals surface area contributed by atoms with E-state index in [-0.39, 0.29) is 6.61 Å². The van der Waals surface area contributed by atoms with Crippen LogP contribution in [0.25, 0.3) is 0 Å². The van der Waals surface area contributed by atoms with Crippen LogP contribution in [-0.2, 0) is 47.7 Å². The molecule has 14 nitrogen and oxygen atoms in total. The maximum Gasteiger partial charge on any atom is 0.375 e. The minimum atomic E-state index is -3.86. The molecule has 1 saturated heterocycles. The Morgan fingerprint density at radius 1 is 1.03 bits per heavy atom. The molecule has 204 valence electrons. The first-order valence-electron chi connectivity index (χ1n) is 10.7. The van der Waals surface area contributed by atoms with E-state index in [0.29, 0.717) is 0 Å². The molecular weight excluding hydrogens is 494 g/mol. The molecule has 1 aliphatic heterocycles. The maximum absolute atomic E-state index is 15.9. The van der Waals surface area contributed by atoms with Crippen molar-refractivity contribution in [3.8, 4) is 0 Å². The lowest BCUT2D eigenvalue weighted by Crippen LogP contribution is -2.71. The Hall–Kier alpha value is -3.56. The van der Waals surface area contributed by atoms with Crippen LogP contribution in [0.15, 0.2) is 4.99 Å². The summed E-state index contributed by atoms with van der Waals surface area (Å²) in [6, 6.07) is -3.71. The molecule has 0 spiro atoms. The van der Waals surface area contributed by atoms with E-state index in [0.717, 1.165) is 27.7 Å². The van der Waals surface area contributed by atoms with E-state index >= 15 is 8.78 Å². The van der Waals surface area contributed by atoms with Gasteiger partial charge >= 0.3 is 29.7 Å². The molecule has 0 aromatic rings. The van der Waals surface area contributed by atoms with Crippen LogP contribution in [0.2, 0.25) is 0 Å². The number of aliphatic imine (C=N–C) groups is 1. The third kappa shape index (κ3) is 8.00. The first-order valence-corrected chi connectivity index (χ1v) is 10.7. The Morgan fingerprint density at radius 3 is 2.06 bits per heavy atom. The van der Waals surface area contributed by atoms with Gasteiger partial charge in [-0.3, -0.25) is 19.2 Å². The number of esters is 4. The van der Waals surface area contributed by atoms with Crippen LogP contribution in [-0.4, -0.2) is 91.4 Å². The van der Waals surface area contributed by atoms with E-state index in [1.165, 1.54) is 6.92 Å². The van der Waals surface area contributed by atoms with Crippen molar-refractivity contribution >= 4 is 35.7 Å². The maximum atomic E-state index is 15.9. The topological polar surface area (TPSA) is 208 Å². The molecule has 1 aliphatic rings. The second-order valence-electron chi connectivity index (χ2n) is 7.65. The van der Waals surface area contributed by atoms with Crippen LogP contribution < -0.4 is 16.8 Å². The molecule has 0 aliphatic carbocycles. The van der Waals surface area contributed by atoms with Crippen LogP contribution in [0.5, 0.6) is 0 Å². The first-order chi connectivity index (χ1) is 16.6. The molecule has 5 N–H and O–H groups in total. The number of hydrogen-bond acceptors (Lipinski definition) is 11. The van der Waals surface area contributed by atoms with Crippen molar-refractivity contribution < 1.29 is 56.4 Å². The van der Waals surface area contributed by atoms with Gasteiger partial charge in [0.2, 0.25) is 5.91 Å². The average molecular weight is 524 g/mol. The highest BCUT2D eigenvalue weighted by molar-refractivity contribution is 5.80. The highest BCUT2D eigenvalue weighted by Crippen LogP contribution is 2.39. The molecule has 0 aromatic carbocycles. The van der Waals surface area contributed by atoms with Gasteiger partial charge in [-0.05, 0) is 6.92 Å². The number of ether oxygens (including phenoxy) is 5. The largest absolute Gasteiger partial charge is 0.462 e.